The van der Waals surface area contributed by atoms with Gasteiger partial charge in [0.1, 0.15) is 25.3 Å². The van der Waals surface area contributed by atoms with Crippen LogP contribution in [0.2, 0.25) is 0 Å². The second-order valence-electron chi connectivity index (χ2n) is 6.02. The zero-order chi connectivity index (χ0) is 17.6. The van der Waals surface area contributed by atoms with Crippen molar-refractivity contribution in [1.29, 1.82) is 5.26 Å². The summed E-state index contributed by atoms with van der Waals surface area (Å²) < 4.78 is 10.6. The van der Waals surface area contributed by atoms with E-state index in [1.807, 2.05) is 6.07 Å². The van der Waals surface area contributed by atoms with E-state index in [0.29, 0.717) is 13.2 Å². The first-order chi connectivity index (χ1) is 12.2. The van der Waals surface area contributed by atoms with Crippen LogP contribution in [0.4, 0.5) is 4.79 Å². The molecule has 1 saturated heterocycles. The van der Waals surface area contributed by atoms with Gasteiger partial charge < -0.3 is 14.8 Å². The normalized spacial score (nSPS) is 22.8. The predicted molar refractivity (Wildman–Crippen MR) is 84.5 cm³/mol. The van der Waals surface area contributed by atoms with Gasteiger partial charge in [-0.1, -0.05) is 0 Å². The Morgan fingerprint density at radius 3 is 2.80 bits per heavy atom. The summed E-state index contributed by atoms with van der Waals surface area (Å²) in [6, 6.07) is 2.02. The molecule has 2 fully saturated rings. The number of ether oxygens (including phenoxy) is 2. The van der Waals surface area contributed by atoms with Crippen molar-refractivity contribution in [2.45, 2.75) is 37.8 Å². The molecule has 2 aliphatic rings. The molecule has 2 heterocycles. The van der Waals surface area contributed by atoms with Gasteiger partial charge in [0.05, 0.1) is 6.54 Å². The van der Waals surface area contributed by atoms with E-state index in [2.05, 4.69) is 15.3 Å². The highest BCUT2D eigenvalue weighted by molar-refractivity contribution is 5.82. The Balaban J connectivity index is 1.43. The minimum atomic E-state index is -0.440. The number of aromatic nitrogens is 2. The molecule has 1 N–H and O–H groups in total. The van der Waals surface area contributed by atoms with E-state index in [1.165, 1.54) is 17.3 Å². The number of nitrogens with one attached hydrogen (secondary N) is 1. The molecule has 132 valence electrons. The fourth-order valence-electron chi connectivity index (χ4n) is 2.99. The average molecular weight is 345 g/mol. The van der Waals surface area contributed by atoms with Crippen LogP contribution in [0.3, 0.4) is 0 Å². The van der Waals surface area contributed by atoms with Crippen molar-refractivity contribution in [3.63, 3.8) is 0 Å². The van der Waals surface area contributed by atoms with E-state index in [0.717, 1.165) is 25.7 Å². The lowest BCUT2D eigenvalue weighted by atomic mass is 9.93. The van der Waals surface area contributed by atoms with Gasteiger partial charge >= 0.3 is 6.09 Å². The third-order valence-corrected chi connectivity index (χ3v) is 4.27. The lowest BCUT2D eigenvalue weighted by Crippen LogP contribution is -2.44. The Bertz CT molecular complexity index is 681. The molecule has 0 atom stereocenters. The molecule has 3 rings (SSSR count). The van der Waals surface area contributed by atoms with Gasteiger partial charge in [0, 0.05) is 18.4 Å². The fourth-order valence-corrected chi connectivity index (χ4v) is 2.99. The number of nitrogens with zero attached hydrogens (tertiary/aromatic N) is 4. The quantitative estimate of drug-likeness (QED) is 0.830. The average Bonchev–Trinajstić information content (AvgIpc) is 3.02. The van der Waals surface area contributed by atoms with Gasteiger partial charge in [-0.3, -0.25) is 9.69 Å². The van der Waals surface area contributed by atoms with Crippen molar-refractivity contribution in [2.24, 2.45) is 0 Å². The van der Waals surface area contributed by atoms with Crippen LogP contribution in [0.15, 0.2) is 12.4 Å². The molecule has 1 aliphatic carbocycles. The van der Waals surface area contributed by atoms with Crippen LogP contribution >= 0.6 is 0 Å². The molecule has 0 spiro atoms. The van der Waals surface area contributed by atoms with E-state index < -0.39 is 6.09 Å². The van der Waals surface area contributed by atoms with Crippen molar-refractivity contribution >= 4 is 12.0 Å². The second kappa shape index (κ2) is 7.79. The van der Waals surface area contributed by atoms with Crippen LogP contribution in [0.1, 0.15) is 31.4 Å². The second-order valence-corrected chi connectivity index (χ2v) is 6.02. The molecule has 1 aromatic heterocycles. The topological polar surface area (TPSA) is 117 Å². The van der Waals surface area contributed by atoms with Gasteiger partial charge in [0.2, 0.25) is 11.6 Å². The zero-order valence-corrected chi connectivity index (χ0v) is 13.7. The maximum atomic E-state index is 12.0. The Morgan fingerprint density at radius 2 is 2.12 bits per heavy atom. The fraction of sp³-hybridized carbons (Fsp3) is 0.562. The Labute approximate surface area is 144 Å². The van der Waals surface area contributed by atoms with Crippen LogP contribution in [0.25, 0.3) is 0 Å². The van der Waals surface area contributed by atoms with Crippen LogP contribution in [0, 0.1) is 11.3 Å². The minimum absolute atomic E-state index is 0.0282. The molecule has 1 aliphatic heterocycles. The number of hydrogen-bond donors (Lipinski definition) is 1. The van der Waals surface area contributed by atoms with Crippen LogP contribution < -0.4 is 10.1 Å². The van der Waals surface area contributed by atoms with Crippen molar-refractivity contribution in [3.05, 3.63) is 18.1 Å². The largest absolute Gasteiger partial charge is 0.472 e. The molecule has 1 saturated carbocycles. The maximum absolute atomic E-state index is 12.0. The van der Waals surface area contributed by atoms with E-state index in [9.17, 15) is 9.59 Å². The number of carbonyl (C=O) groups is 2. The molecule has 0 unspecified atom stereocenters. The third kappa shape index (κ3) is 4.35. The summed E-state index contributed by atoms with van der Waals surface area (Å²) >= 11 is 0. The standard InChI is InChI=1S/C16H19N5O4/c17-9-13-15(19-6-5-18-13)25-12-3-1-11(2-4-12)20-14(22)10-21-7-8-24-16(21)23/h5-6,11-12H,1-4,7-8,10H2,(H,20,22). The lowest BCUT2D eigenvalue weighted by Gasteiger charge is -2.29. The Hall–Kier alpha value is -2.89. The molecule has 0 bridgehead atoms. The van der Waals surface area contributed by atoms with Crippen molar-refractivity contribution < 1.29 is 19.1 Å². The first kappa shape index (κ1) is 17.0. The highest BCUT2D eigenvalue weighted by Gasteiger charge is 2.27. The minimum Gasteiger partial charge on any atom is -0.472 e. The molecular weight excluding hydrogens is 326 g/mol. The van der Waals surface area contributed by atoms with Gasteiger partial charge in [-0.05, 0) is 25.7 Å². The highest BCUT2D eigenvalue weighted by atomic mass is 16.6. The van der Waals surface area contributed by atoms with Crippen molar-refractivity contribution in [1.82, 2.24) is 20.2 Å². The summed E-state index contributed by atoms with van der Waals surface area (Å²) in [4.78, 5) is 32.7. The molecule has 9 heteroatoms. The summed E-state index contributed by atoms with van der Waals surface area (Å²) in [6.07, 6.45) is 5.48. The highest BCUT2D eigenvalue weighted by Crippen LogP contribution is 2.24. The summed E-state index contributed by atoms with van der Waals surface area (Å²) in [7, 11) is 0. The van der Waals surface area contributed by atoms with Crippen LogP contribution in [-0.4, -0.2) is 58.7 Å². The van der Waals surface area contributed by atoms with Gasteiger partial charge in [-0.25, -0.2) is 14.8 Å². The van der Waals surface area contributed by atoms with Crippen molar-refractivity contribution in [3.8, 4) is 11.9 Å². The van der Waals surface area contributed by atoms with Crippen molar-refractivity contribution in [2.75, 3.05) is 19.7 Å². The van der Waals surface area contributed by atoms with Crippen LogP contribution in [-0.2, 0) is 9.53 Å². The molecular formula is C16H19N5O4. The first-order valence-corrected chi connectivity index (χ1v) is 8.24. The van der Waals surface area contributed by atoms with Crippen LogP contribution in [0.5, 0.6) is 5.88 Å². The summed E-state index contributed by atoms with van der Waals surface area (Å²) in [5.41, 5.74) is 0.176. The molecule has 2 amide bonds. The molecule has 0 radical (unpaired) electrons. The number of amides is 2. The summed E-state index contributed by atoms with van der Waals surface area (Å²) in [5.74, 6) is 0.0777. The number of hydrogen-bond acceptors (Lipinski definition) is 7. The number of nitriles is 1. The molecule has 1 aromatic rings. The zero-order valence-electron chi connectivity index (χ0n) is 13.7. The van der Waals surface area contributed by atoms with E-state index in [4.69, 9.17) is 14.7 Å². The van der Waals surface area contributed by atoms with Gasteiger partial charge in [0.25, 0.3) is 5.88 Å². The van der Waals surface area contributed by atoms with E-state index in [-0.39, 0.29) is 36.2 Å². The maximum Gasteiger partial charge on any atom is 0.410 e. The van der Waals surface area contributed by atoms with Gasteiger partial charge in [-0.2, -0.15) is 5.26 Å². The third-order valence-electron chi connectivity index (χ3n) is 4.27. The van der Waals surface area contributed by atoms with E-state index in [1.54, 1.807) is 0 Å². The molecule has 0 aromatic carbocycles. The Morgan fingerprint density at radius 1 is 1.36 bits per heavy atom. The summed E-state index contributed by atoms with van der Waals surface area (Å²) in [5, 5.41) is 12.0. The number of rotatable bonds is 5. The molecule has 9 nitrogen and oxygen atoms in total. The molecule has 25 heavy (non-hydrogen) atoms. The summed E-state index contributed by atoms with van der Waals surface area (Å²) in [6.45, 7) is 0.814. The van der Waals surface area contributed by atoms with Gasteiger partial charge in [-0.15, -0.1) is 0 Å². The predicted octanol–water partition coefficient (Wildman–Crippen LogP) is 0.607. The number of cyclic esters (lactones) is 1. The Kier molecular flexibility index (Phi) is 5.28. The van der Waals surface area contributed by atoms with Gasteiger partial charge in [0.15, 0.2) is 0 Å². The number of carbonyl (C=O) groups excluding carboxylic acids is 2. The first-order valence-electron chi connectivity index (χ1n) is 8.24. The lowest BCUT2D eigenvalue weighted by molar-refractivity contribution is -0.122. The van der Waals surface area contributed by atoms with E-state index >= 15 is 0 Å². The SMILES string of the molecule is N#Cc1nccnc1OC1CCC(NC(=O)CN2CCOC2=O)CC1. The monoisotopic (exact) mass is 345 g/mol. The smallest absolute Gasteiger partial charge is 0.410 e.